The number of aliphatic hydroxyl groups is 1. The first kappa shape index (κ1) is 16.5. The Morgan fingerprint density at radius 1 is 1.24 bits per heavy atom. The lowest BCUT2D eigenvalue weighted by molar-refractivity contribution is 0.139. The van der Waals surface area contributed by atoms with E-state index in [1.54, 1.807) is 0 Å². The zero-order chi connectivity index (χ0) is 15.1. The average Bonchev–Trinajstić information content (AvgIpc) is 2.74. The van der Waals surface area contributed by atoms with Crippen LogP contribution in [-0.2, 0) is 5.54 Å². The van der Waals surface area contributed by atoms with Crippen molar-refractivity contribution in [2.45, 2.75) is 38.1 Å². The van der Waals surface area contributed by atoms with Crippen molar-refractivity contribution in [1.82, 2.24) is 10.2 Å². The summed E-state index contributed by atoms with van der Waals surface area (Å²) >= 11 is 0. The summed E-state index contributed by atoms with van der Waals surface area (Å²) in [5.74, 6) is 0.857. The van der Waals surface area contributed by atoms with E-state index in [4.69, 9.17) is 0 Å². The maximum Gasteiger partial charge on any atom is 0.0678 e. The highest BCUT2D eigenvalue weighted by atomic mass is 16.3. The molecule has 21 heavy (non-hydrogen) atoms. The van der Waals surface area contributed by atoms with Crippen LogP contribution in [0.15, 0.2) is 30.3 Å². The van der Waals surface area contributed by atoms with E-state index in [1.807, 2.05) is 25.2 Å². The van der Waals surface area contributed by atoms with E-state index in [0.29, 0.717) is 0 Å². The van der Waals surface area contributed by atoms with Crippen LogP contribution >= 0.6 is 0 Å². The van der Waals surface area contributed by atoms with Crippen LogP contribution in [0.2, 0.25) is 0 Å². The Labute approximate surface area is 129 Å². The van der Waals surface area contributed by atoms with Gasteiger partial charge in [0.1, 0.15) is 0 Å². The lowest BCUT2D eigenvalue weighted by Gasteiger charge is -2.34. The quantitative estimate of drug-likeness (QED) is 0.845. The zero-order valence-electron chi connectivity index (χ0n) is 13.5. The van der Waals surface area contributed by atoms with Crippen molar-refractivity contribution in [3.63, 3.8) is 0 Å². The first-order valence-corrected chi connectivity index (χ1v) is 8.28. The van der Waals surface area contributed by atoms with Crippen LogP contribution < -0.4 is 5.32 Å². The molecule has 0 saturated carbocycles. The number of nitrogens with one attached hydrogen (secondary N) is 1. The van der Waals surface area contributed by atoms with Crippen molar-refractivity contribution >= 4 is 0 Å². The second kappa shape index (κ2) is 7.92. The number of aliphatic hydroxyl groups excluding tert-OH is 1. The van der Waals surface area contributed by atoms with Crippen LogP contribution in [-0.4, -0.2) is 43.3 Å². The Morgan fingerprint density at radius 2 is 2.00 bits per heavy atom. The molecule has 0 aromatic heterocycles. The van der Waals surface area contributed by atoms with Gasteiger partial charge in [-0.3, -0.25) is 0 Å². The number of hydrogen-bond donors (Lipinski definition) is 2. The van der Waals surface area contributed by atoms with Crippen LogP contribution in [0.25, 0.3) is 0 Å². The fourth-order valence-corrected chi connectivity index (χ4v) is 3.32. The van der Waals surface area contributed by atoms with Gasteiger partial charge in [-0.15, -0.1) is 0 Å². The third-order valence-electron chi connectivity index (χ3n) is 5.04. The average molecular weight is 290 g/mol. The molecule has 1 aliphatic rings. The highest BCUT2D eigenvalue weighted by molar-refractivity contribution is 5.24. The molecule has 0 spiro atoms. The first-order chi connectivity index (χ1) is 10.2. The largest absolute Gasteiger partial charge is 0.394 e. The number of likely N-dealkylation sites (tertiary alicyclic amines) is 1. The van der Waals surface area contributed by atoms with E-state index in [-0.39, 0.29) is 12.1 Å². The number of hydrogen-bond acceptors (Lipinski definition) is 3. The number of likely N-dealkylation sites (N-methyl/N-ethyl adjacent to an activating group) is 1. The summed E-state index contributed by atoms with van der Waals surface area (Å²) in [6.45, 7) is 5.94. The van der Waals surface area contributed by atoms with E-state index in [2.05, 4.69) is 29.3 Å². The fraction of sp³-hybridized carbons (Fsp3) is 0.667. The van der Waals surface area contributed by atoms with Gasteiger partial charge >= 0.3 is 0 Å². The molecule has 3 heteroatoms. The highest BCUT2D eigenvalue weighted by Gasteiger charge is 2.30. The van der Waals surface area contributed by atoms with Gasteiger partial charge in [-0.2, -0.15) is 0 Å². The normalized spacial score (nSPS) is 23.5. The number of rotatable bonds is 6. The van der Waals surface area contributed by atoms with E-state index >= 15 is 0 Å². The molecule has 3 nitrogen and oxygen atoms in total. The molecule has 1 aromatic rings. The van der Waals surface area contributed by atoms with Crippen molar-refractivity contribution in [3.05, 3.63) is 35.9 Å². The number of benzene rings is 1. The van der Waals surface area contributed by atoms with Crippen LogP contribution in [0.4, 0.5) is 0 Å². The molecule has 2 rings (SSSR count). The Hall–Kier alpha value is -0.900. The maximum absolute atomic E-state index is 9.98. The predicted molar refractivity (Wildman–Crippen MR) is 88.3 cm³/mol. The van der Waals surface area contributed by atoms with Crippen molar-refractivity contribution < 1.29 is 5.11 Å². The van der Waals surface area contributed by atoms with Crippen LogP contribution in [0.3, 0.4) is 0 Å². The summed E-state index contributed by atoms with van der Waals surface area (Å²) in [7, 11) is 1.95. The Balaban J connectivity index is 2.00. The lowest BCUT2D eigenvalue weighted by atomic mass is 9.87. The van der Waals surface area contributed by atoms with Crippen molar-refractivity contribution in [3.8, 4) is 0 Å². The number of nitrogens with zero attached hydrogens (tertiary/aromatic N) is 1. The fourth-order valence-electron chi connectivity index (χ4n) is 3.32. The third-order valence-corrected chi connectivity index (χ3v) is 5.04. The summed E-state index contributed by atoms with van der Waals surface area (Å²) in [6.07, 6.45) is 4.90. The van der Waals surface area contributed by atoms with Crippen molar-refractivity contribution in [2.24, 2.45) is 5.92 Å². The van der Waals surface area contributed by atoms with Gasteiger partial charge in [-0.25, -0.2) is 0 Å². The van der Waals surface area contributed by atoms with E-state index in [0.717, 1.165) is 18.9 Å². The van der Waals surface area contributed by atoms with Gasteiger partial charge in [0, 0.05) is 6.54 Å². The Morgan fingerprint density at radius 3 is 2.67 bits per heavy atom. The van der Waals surface area contributed by atoms with Crippen LogP contribution in [0, 0.1) is 5.92 Å². The zero-order valence-corrected chi connectivity index (χ0v) is 13.5. The minimum atomic E-state index is -0.320. The van der Waals surface area contributed by atoms with Gasteiger partial charge in [0.2, 0.25) is 0 Å². The molecule has 118 valence electrons. The van der Waals surface area contributed by atoms with Gasteiger partial charge < -0.3 is 15.3 Å². The minimum Gasteiger partial charge on any atom is -0.394 e. The first-order valence-electron chi connectivity index (χ1n) is 8.28. The molecular weight excluding hydrogens is 260 g/mol. The van der Waals surface area contributed by atoms with Gasteiger partial charge in [0.05, 0.1) is 12.1 Å². The molecule has 1 aromatic carbocycles. The molecule has 0 radical (unpaired) electrons. The van der Waals surface area contributed by atoms with E-state index < -0.39 is 0 Å². The molecule has 0 bridgehead atoms. The lowest BCUT2D eigenvalue weighted by Crippen LogP contribution is -2.46. The summed E-state index contributed by atoms with van der Waals surface area (Å²) in [5, 5.41) is 13.3. The molecule has 1 fully saturated rings. The molecule has 2 atom stereocenters. The molecule has 1 saturated heterocycles. The summed E-state index contributed by atoms with van der Waals surface area (Å²) < 4.78 is 0. The van der Waals surface area contributed by atoms with Gasteiger partial charge in [-0.05, 0) is 57.3 Å². The molecule has 1 aliphatic heterocycles. The molecule has 2 N–H and O–H groups in total. The van der Waals surface area contributed by atoms with Gasteiger partial charge in [0.15, 0.2) is 0 Å². The summed E-state index contributed by atoms with van der Waals surface area (Å²) in [4.78, 5) is 2.56. The van der Waals surface area contributed by atoms with Crippen molar-refractivity contribution in [2.75, 3.05) is 33.3 Å². The second-order valence-electron chi connectivity index (χ2n) is 6.48. The van der Waals surface area contributed by atoms with E-state index in [9.17, 15) is 5.11 Å². The topological polar surface area (TPSA) is 35.5 Å². The Kier molecular flexibility index (Phi) is 6.22. The minimum absolute atomic E-state index is 0.137. The van der Waals surface area contributed by atoms with Crippen molar-refractivity contribution in [1.29, 1.82) is 0 Å². The monoisotopic (exact) mass is 290 g/mol. The molecule has 1 heterocycles. The van der Waals surface area contributed by atoms with Crippen LogP contribution in [0.5, 0.6) is 0 Å². The smallest absolute Gasteiger partial charge is 0.0678 e. The third kappa shape index (κ3) is 4.29. The van der Waals surface area contributed by atoms with Gasteiger partial charge in [0.25, 0.3) is 0 Å². The highest BCUT2D eigenvalue weighted by Crippen LogP contribution is 2.25. The summed E-state index contributed by atoms with van der Waals surface area (Å²) in [6, 6.07) is 10.3. The maximum atomic E-state index is 9.98. The van der Waals surface area contributed by atoms with E-state index in [1.165, 1.54) is 37.9 Å². The molecule has 2 unspecified atom stereocenters. The molecular formula is C18H30N2O. The Bertz CT molecular complexity index is 403. The molecule has 0 amide bonds. The molecule has 0 aliphatic carbocycles. The summed E-state index contributed by atoms with van der Waals surface area (Å²) in [5.41, 5.74) is 0.859. The predicted octanol–water partition coefficient (Wildman–Crippen LogP) is 2.61. The standard InChI is InChI=1S/C18H30N2O/c1-16-7-6-12-20(13-10-16)14-11-18(15-21,19-2)17-8-4-3-5-9-17/h3-5,8-9,16,19,21H,6-7,10-15H2,1-2H3. The SMILES string of the molecule is CNC(CO)(CCN1CCCC(C)CC1)c1ccccc1. The van der Waals surface area contributed by atoms with Gasteiger partial charge in [-0.1, -0.05) is 37.3 Å². The second-order valence-corrected chi connectivity index (χ2v) is 6.48. The van der Waals surface area contributed by atoms with Crippen LogP contribution in [0.1, 0.15) is 38.2 Å².